The van der Waals surface area contributed by atoms with E-state index in [0.717, 1.165) is 16.5 Å². The number of ketones is 1. The summed E-state index contributed by atoms with van der Waals surface area (Å²) < 4.78 is 5.36. The second-order valence-corrected chi connectivity index (χ2v) is 4.78. The molecule has 21 heavy (non-hydrogen) atoms. The number of carbonyl (C=O) groups is 1. The Kier molecular flexibility index (Phi) is 3.32. The zero-order valence-electron chi connectivity index (χ0n) is 11.7. The van der Waals surface area contributed by atoms with Gasteiger partial charge in [0.1, 0.15) is 5.75 Å². The van der Waals surface area contributed by atoms with Crippen molar-refractivity contribution in [2.75, 3.05) is 12.8 Å². The van der Waals surface area contributed by atoms with Gasteiger partial charge in [-0.2, -0.15) is 0 Å². The largest absolute Gasteiger partial charge is 0.496 e. The molecule has 0 radical (unpaired) electrons. The first kappa shape index (κ1) is 13.2. The van der Waals surface area contributed by atoms with Crippen molar-refractivity contribution in [1.29, 1.82) is 0 Å². The number of hydrogen-bond acceptors (Lipinski definition) is 3. The van der Waals surface area contributed by atoms with E-state index >= 15 is 0 Å². The van der Waals surface area contributed by atoms with Gasteiger partial charge in [0.2, 0.25) is 0 Å². The van der Waals surface area contributed by atoms with Crippen molar-refractivity contribution in [1.82, 2.24) is 0 Å². The maximum Gasteiger partial charge on any atom is 0.195 e. The number of fused-ring (bicyclic) bond motifs is 1. The lowest BCUT2D eigenvalue weighted by molar-refractivity contribution is 0.104. The van der Waals surface area contributed by atoms with Gasteiger partial charge in [0.05, 0.1) is 7.11 Å². The smallest absolute Gasteiger partial charge is 0.195 e. The maximum absolute atomic E-state index is 12.8. The number of para-hydroxylation sites is 1. The van der Waals surface area contributed by atoms with Crippen LogP contribution in [0, 0.1) is 0 Å². The topological polar surface area (TPSA) is 52.3 Å². The predicted octanol–water partition coefficient (Wildman–Crippen LogP) is 3.66. The van der Waals surface area contributed by atoms with Gasteiger partial charge in [0.15, 0.2) is 5.78 Å². The number of benzene rings is 3. The second kappa shape index (κ2) is 5.29. The highest BCUT2D eigenvalue weighted by Gasteiger charge is 2.16. The van der Waals surface area contributed by atoms with Crippen LogP contribution >= 0.6 is 0 Å². The minimum atomic E-state index is -0.0769. The van der Waals surface area contributed by atoms with Gasteiger partial charge < -0.3 is 10.5 Å². The van der Waals surface area contributed by atoms with Crippen LogP contribution in [0.15, 0.2) is 60.7 Å². The number of hydrogen-bond donors (Lipinski definition) is 1. The van der Waals surface area contributed by atoms with Gasteiger partial charge in [-0.3, -0.25) is 4.79 Å². The molecule has 3 heteroatoms. The summed E-state index contributed by atoms with van der Waals surface area (Å²) in [6.07, 6.45) is 0. The predicted molar refractivity (Wildman–Crippen MR) is 84.8 cm³/mol. The Morgan fingerprint density at radius 1 is 0.857 bits per heavy atom. The van der Waals surface area contributed by atoms with E-state index in [0.29, 0.717) is 16.8 Å². The van der Waals surface area contributed by atoms with Crippen LogP contribution in [0.3, 0.4) is 0 Å². The van der Waals surface area contributed by atoms with Crippen LogP contribution in [0.4, 0.5) is 5.69 Å². The van der Waals surface area contributed by atoms with Gasteiger partial charge in [-0.15, -0.1) is 0 Å². The van der Waals surface area contributed by atoms with Gasteiger partial charge in [-0.05, 0) is 29.7 Å². The summed E-state index contributed by atoms with van der Waals surface area (Å²) in [6.45, 7) is 0. The Labute approximate surface area is 123 Å². The molecule has 0 aromatic heterocycles. The van der Waals surface area contributed by atoms with Crippen molar-refractivity contribution in [3.63, 3.8) is 0 Å². The van der Waals surface area contributed by atoms with Gasteiger partial charge >= 0.3 is 0 Å². The van der Waals surface area contributed by atoms with Crippen molar-refractivity contribution in [3.05, 3.63) is 71.8 Å². The van der Waals surface area contributed by atoms with Crippen molar-refractivity contribution in [2.24, 2.45) is 0 Å². The van der Waals surface area contributed by atoms with E-state index in [2.05, 4.69) is 0 Å². The zero-order chi connectivity index (χ0) is 14.8. The quantitative estimate of drug-likeness (QED) is 0.587. The fourth-order valence-electron chi connectivity index (χ4n) is 2.50. The van der Waals surface area contributed by atoms with Crippen LogP contribution in [0.2, 0.25) is 0 Å². The molecule has 0 aliphatic heterocycles. The molecule has 3 nitrogen and oxygen atoms in total. The number of rotatable bonds is 3. The number of carbonyl (C=O) groups excluding carboxylic acids is 1. The molecular weight excluding hydrogens is 262 g/mol. The van der Waals surface area contributed by atoms with Crippen LogP contribution in [-0.4, -0.2) is 12.9 Å². The lowest BCUT2D eigenvalue weighted by atomic mass is 9.96. The summed E-state index contributed by atoms with van der Waals surface area (Å²) in [4.78, 5) is 12.8. The third-order valence-electron chi connectivity index (χ3n) is 3.55. The molecular formula is C18H15NO2. The molecule has 0 bridgehead atoms. The minimum Gasteiger partial charge on any atom is -0.496 e. The molecule has 0 saturated carbocycles. The third-order valence-corrected chi connectivity index (χ3v) is 3.55. The lowest BCUT2D eigenvalue weighted by Crippen LogP contribution is -2.06. The summed E-state index contributed by atoms with van der Waals surface area (Å²) in [7, 11) is 1.62. The fourth-order valence-corrected chi connectivity index (χ4v) is 2.50. The number of anilines is 1. The minimum absolute atomic E-state index is 0.0769. The molecule has 0 aliphatic rings. The molecule has 104 valence electrons. The van der Waals surface area contributed by atoms with Crippen LogP contribution < -0.4 is 10.5 Å². The third kappa shape index (κ3) is 2.23. The van der Waals surface area contributed by atoms with Gasteiger partial charge in [-0.1, -0.05) is 36.4 Å². The lowest BCUT2D eigenvalue weighted by Gasteiger charge is -2.10. The summed E-state index contributed by atoms with van der Waals surface area (Å²) in [5.41, 5.74) is 7.55. The van der Waals surface area contributed by atoms with Crippen molar-refractivity contribution in [2.45, 2.75) is 0 Å². The number of methoxy groups -OCH3 is 1. The number of nitrogen functional groups attached to an aromatic ring is 1. The van der Waals surface area contributed by atoms with Gasteiger partial charge in [-0.25, -0.2) is 0 Å². The van der Waals surface area contributed by atoms with E-state index < -0.39 is 0 Å². The molecule has 0 heterocycles. The first-order valence-electron chi connectivity index (χ1n) is 6.67. The SMILES string of the molecule is COc1ccc(C(=O)c2ccccc2N)c2ccccc12. The highest BCUT2D eigenvalue weighted by Crippen LogP contribution is 2.30. The highest BCUT2D eigenvalue weighted by molar-refractivity contribution is 6.19. The first-order chi connectivity index (χ1) is 10.2. The van der Waals surface area contributed by atoms with Crippen LogP contribution in [0.1, 0.15) is 15.9 Å². The molecule has 0 aliphatic carbocycles. The zero-order valence-corrected chi connectivity index (χ0v) is 11.7. The normalized spacial score (nSPS) is 10.5. The van der Waals surface area contributed by atoms with E-state index in [9.17, 15) is 4.79 Å². The Hall–Kier alpha value is -2.81. The van der Waals surface area contributed by atoms with E-state index in [4.69, 9.17) is 10.5 Å². The molecule has 0 saturated heterocycles. The Morgan fingerprint density at radius 2 is 1.52 bits per heavy atom. The molecule has 2 N–H and O–H groups in total. The van der Waals surface area contributed by atoms with E-state index in [-0.39, 0.29) is 5.78 Å². The maximum atomic E-state index is 12.8. The average molecular weight is 277 g/mol. The molecule has 0 spiro atoms. The van der Waals surface area contributed by atoms with Crippen molar-refractivity contribution < 1.29 is 9.53 Å². The molecule has 0 atom stereocenters. The summed E-state index contributed by atoms with van der Waals surface area (Å²) >= 11 is 0. The number of ether oxygens (including phenoxy) is 1. The Balaban J connectivity index is 2.22. The molecule has 0 fully saturated rings. The van der Waals surface area contributed by atoms with E-state index in [1.165, 1.54) is 0 Å². The van der Waals surface area contributed by atoms with Crippen LogP contribution in [0.5, 0.6) is 5.75 Å². The summed E-state index contributed by atoms with van der Waals surface area (Å²) in [6, 6.07) is 18.4. The van der Waals surface area contributed by atoms with Crippen molar-refractivity contribution in [3.8, 4) is 5.75 Å². The molecule has 3 rings (SSSR count). The first-order valence-corrected chi connectivity index (χ1v) is 6.67. The molecule has 0 unspecified atom stereocenters. The fraction of sp³-hybridized carbons (Fsp3) is 0.0556. The van der Waals surface area contributed by atoms with Gasteiger partial charge in [0, 0.05) is 22.2 Å². The monoisotopic (exact) mass is 277 g/mol. The molecule has 0 amide bonds. The molecule has 3 aromatic carbocycles. The highest BCUT2D eigenvalue weighted by atomic mass is 16.5. The van der Waals surface area contributed by atoms with E-state index in [1.54, 1.807) is 25.3 Å². The Morgan fingerprint density at radius 3 is 2.24 bits per heavy atom. The summed E-state index contributed by atoms with van der Waals surface area (Å²) in [5.74, 6) is 0.676. The average Bonchev–Trinajstić information content (AvgIpc) is 2.53. The van der Waals surface area contributed by atoms with E-state index in [1.807, 2.05) is 42.5 Å². The standard InChI is InChI=1S/C18H15NO2/c1-21-17-11-10-14(12-6-2-3-7-13(12)17)18(20)15-8-4-5-9-16(15)19/h2-11H,19H2,1H3. The Bertz CT molecular complexity index is 824. The second-order valence-electron chi connectivity index (χ2n) is 4.78. The van der Waals surface area contributed by atoms with Crippen LogP contribution in [0.25, 0.3) is 10.8 Å². The van der Waals surface area contributed by atoms with Crippen molar-refractivity contribution >= 4 is 22.2 Å². The van der Waals surface area contributed by atoms with Crippen LogP contribution in [-0.2, 0) is 0 Å². The summed E-state index contributed by atoms with van der Waals surface area (Å²) in [5, 5.41) is 1.78. The number of nitrogens with two attached hydrogens (primary N) is 1. The molecule has 3 aromatic rings. The van der Waals surface area contributed by atoms with Gasteiger partial charge in [0.25, 0.3) is 0 Å².